The molecule has 0 radical (unpaired) electrons. The maximum Gasteiger partial charge on any atom is 0.490 e. The van der Waals surface area contributed by atoms with Gasteiger partial charge in [0.2, 0.25) is 5.95 Å². The number of piperidine rings is 1. The number of aryl methyl sites for hydroxylation is 1. The largest absolute Gasteiger partial charge is 0.490 e. The van der Waals surface area contributed by atoms with Crippen LogP contribution in [-0.4, -0.2) is 68.1 Å². The lowest BCUT2D eigenvalue weighted by Gasteiger charge is -2.40. The van der Waals surface area contributed by atoms with Gasteiger partial charge in [0.15, 0.2) is 0 Å². The fourth-order valence-electron chi connectivity index (χ4n) is 4.14. The van der Waals surface area contributed by atoms with Crippen LogP contribution in [0.5, 0.6) is 0 Å². The zero-order valence-corrected chi connectivity index (χ0v) is 16.7. The van der Waals surface area contributed by atoms with Crippen LogP contribution >= 0.6 is 0 Å². The van der Waals surface area contributed by atoms with Crippen molar-refractivity contribution in [1.29, 1.82) is 0 Å². The van der Waals surface area contributed by atoms with Crippen molar-refractivity contribution >= 4 is 11.9 Å². The van der Waals surface area contributed by atoms with Gasteiger partial charge >= 0.3 is 12.1 Å². The number of carbonyl (C=O) groups is 1. The number of hydrogen-bond donors (Lipinski definition) is 1. The van der Waals surface area contributed by atoms with E-state index in [1.165, 1.54) is 37.9 Å². The molecule has 11 heteroatoms. The summed E-state index contributed by atoms with van der Waals surface area (Å²) in [6.45, 7) is 5.52. The number of alkyl halides is 3. The van der Waals surface area contributed by atoms with Gasteiger partial charge in [-0.25, -0.2) is 14.8 Å². The van der Waals surface area contributed by atoms with Crippen molar-refractivity contribution in [3.05, 3.63) is 36.4 Å². The molecular formula is C19H25F3N6O2. The summed E-state index contributed by atoms with van der Waals surface area (Å²) >= 11 is 0. The number of nitrogens with zero attached hydrogens (tertiary/aromatic N) is 6. The summed E-state index contributed by atoms with van der Waals surface area (Å²) in [5.41, 5.74) is 1.71. The van der Waals surface area contributed by atoms with Crippen LogP contribution in [0.1, 0.15) is 24.8 Å². The third kappa shape index (κ3) is 5.68. The van der Waals surface area contributed by atoms with Crippen LogP contribution in [0.15, 0.2) is 30.9 Å². The summed E-state index contributed by atoms with van der Waals surface area (Å²) < 4.78 is 33.6. The van der Waals surface area contributed by atoms with Crippen molar-refractivity contribution in [2.75, 3.05) is 31.1 Å². The van der Waals surface area contributed by atoms with Gasteiger partial charge < -0.3 is 10.0 Å². The predicted molar refractivity (Wildman–Crippen MR) is 103 cm³/mol. The SMILES string of the molecule is Cn1cc(CN2CCC3(CCCN(c4ncccn4)C3)C2)cn1.O=C(O)C(F)(F)F. The Kier molecular flexibility index (Phi) is 6.59. The second kappa shape index (κ2) is 8.99. The molecule has 1 N–H and O–H groups in total. The number of likely N-dealkylation sites (tertiary alicyclic amines) is 1. The molecule has 2 aromatic heterocycles. The Morgan fingerprint density at radius 2 is 1.90 bits per heavy atom. The zero-order chi connectivity index (χ0) is 21.8. The average molecular weight is 426 g/mol. The Labute approximate surface area is 172 Å². The summed E-state index contributed by atoms with van der Waals surface area (Å²) in [6, 6.07) is 1.88. The first-order valence-electron chi connectivity index (χ1n) is 9.69. The van der Waals surface area contributed by atoms with Gasteiger partial charge in [0.25, 0.3) is 0 Å². The van der Waals surface area contributed by atoms with E-state index in [2.05, 4.69) is 31.1 Å². The second-order valence-corrected chi connectivity index (χ2v) is 7.86. The van der Waals surface area contributed by atoms with Gasteiger partial charge in [0.1, 0.15) is 0 Å². The number of aromatic nitrogens is 4. The first-order chi connectivity index (χ1) is 14.2. The van der Waals surface area contributed by atoms with E-state index in [1.54, 1.807) is 0 Å². The van der Waals surface area contributed by atoms with E-state index in [4.69, 9.17) is 9.90 Å². The molecule has 164 valence electrons. The number of anilines is 1. The molecule has 2 aliphatic rings. The number of rotatable bonds is 3. The van der Waals surface area contributed by atoms with Gasteiger partial charge in [-0.3, -0.25) is 9.58 Å². The Hall–Kier alpha value is -2.69. The standard InChI is InChI=1S/C17H24N6.C2HF3O2/c1-21-11-15(10-20-21)12-22-9-5-17(13-22)4-2-8-23(14-17)16-18-6-3-7-19-16;3-2(4,5)1(6)7/h3,6-7,10-11H,2,4-5,8-9,12-14H2,1H3;(H,6,7). The Bertz CT molecular complexity index is 844. The molecular weight excluding hydrogens is 401 g/mol. The molecule has 2 saturated heterocycles. The van der Waals surface area contributed by atoms with Crippen molar-refractivity contribution < 1.29 is 23.1 Å². The van der Waals surface area contributed by atoms with Gasteiger partial charge in [-0.1, -0.05) is 0 Å². The van der Waals surface area contributed by atoms with Gasteiger partial charge in [-0.2, -0.15) is 18.3 Å². The lowest BCUT2D eigenvalue weighted by atomic mass is 9.79. The first-order valence-corrected chi connectivity index (χ1v) is 9.69. The molecule has 1 atom stereocenters. The third-order valence-corrected chi connectivity index (χ3v) is 5.42. The molecule has 2 aliphatic heterocycles. The molecule has 4 rings (SSSR count). The highest BCUT2D eigenvalue weighted by Gasteiger charge is 2.42. The molecule has 1 spiro atoms. The topological polar surface area (TPSA) is 87.4 Å². The molecule has 0 amide bonds. The summed E-state index contributed by atoms with van der Waals surface area (Å²) in [5, 5.41) is 11.4. The van der Waals surface area contributed by atoms with E-state index < -0.39 is 12.1 Å². The lowest BCUT2D eigenvalue weighted by Crippen LogP contribution is -2.45. The average Bonchev–Trinajstić information content (AvgIpc) is 3.28. The van der Waals surface area contributed by atoms with Gasteiger partial charge in [0, 0.05) is 62.8 Å². The fraction of sp³-hybridized carbons (Fsp3) is 0.579. The Balaban J connectivity index is 0.000000318. The summed E-state index contributed by atoms with van der Waals surface area (Å²) in [4.78, 5) is 22.7. The van der Waals surface area contributed by atoms with E-state index >= 15 is 0 Å². The highest BCUT2D eigenvalue weighted by atomic mass is 19.4. The molecule has 2 aromatic rings. The van der Waals surface area contributed by atoms with Gasteiger partial charge in [-0.05, 0) is 31.9 Å². The van der Waals surface area contributed by atoms with Crippen LogP contribution in [0.25, 0.3) is 0 Å². The Morgan fingerprint density at radius 1 is 1.20 bits per heavy atom. The quantitative estimate of drug-likeness (QED) is 0.806. The highest BCUT2D eigenvalue weighted by molar-refractivity contribution is 5.73. The van der Waals surface area contributed by atoms with Crippen molar-refractivity contribution in [3.8, 4) is 0 Å². The van der Waals surface area contributed by atoms with Crippen molar-refractivity contribution in [2.24, 2.45) is 12.5 Å². The molecule has 0 saturated carbocycles. The first kappa shape index (κ1) is 22.0. The molecule has 30 heavy (non-hydrogen) atoms. The van der Waals surface area contributed by atoms with Crippen LogP contribution in [0.2, 0.25) is 0 Å². The normalized spacial score (nSPS) is 22.1. The lowest BCUT2D eigenvalue weighted by molar-refractivity contribution is -0.192. The minimum Gasteiger partial charge on any atom is -0.475 e. The number of hydrogen-bond acceptors (Lipinski definition) is 6. The van der Waals surface area contributed by atoms with E-state index in [9.17, 15) is 13.2 Å². The molecule has 8 nitrogen and oxygen atoms in total. The van der Waals surface area contributed by atoms with Crippen LogP contribution in [0.3, 0.4) is 0 Å². The number of carboxylic acids is 1. The van der Waals surface area contributed by atoms with Crippen molar-refractivity contribution in [1.82, 2.24) is 24.6 Å². The minimum absolute atomic E-state index is 0.402. The molecule has 0 aromatic carbocycles. The molecule has 2 fully saturated rings. The van der Waals surface area contributed by atoms with Crippen LogP contribution in [-0.2, 0) is 18.4 Å². The van der Waals surface area contributed by atoms with E-state index in [0.717, 1.165) is 25.6 Å². The van der Waals surface area contributed by atoms with Crippen molar-refractivity contribution in [3.63, 3.8) is 0 Å². The van der Waals surface area contributed by atoms with E-state index in [1.807, 2.05) is 36.4 Å². The number of halogens is 3. The van der Waals surface area contributed by atoms with Crippen LogP contribution < -0.4 is 4.90 Å². The Morgan fingerprint density at radius 3 is 2.50 bits per heavy atom. The van der Waals surface area contributed by atoms with E-state index in [-0.39, 0.29) is 0 Å². The van der Waals surface area contributed by atoms with Crippen molar-refractivity contribution in [2.45, 2.75) is 32.0 Å². The molecule has 0 aliphatic carbocycles. The summed E-state index contributed by atoms with van der Waals surface area (Å²) in [5.74, 6) is -1.87. The van der Waals surface area contributed by atoms with Gasteiger partial charge in [0.05, 0.1) is 6.20 Å². The summed E-state index contributed by atoms with van der Waals surface area (Å²) in [6.07, 6.45) is 6.53. The van der Waals surface area contributed by atoms with Crippen LogP contribution in [0.4, 0.5) is 19.1 Å². The minimum atomic E-state index is -5.08. The number of carboxylic acid groups (broad SMARTS) is 1. The zero-order valence-electron chi connectivity index (χ0n) is 16.7. The molecule has 4 heterocycles. The fourth-order valence-corrected chi connectivity index (χ4v) is 4.14. The maximum atomic E-state index is 10.6. The van der Waals surface area contributed by atoms with Crippen LogP contribution in [0, 0.1) is 5.41 Å². The third-order valence-electron chi connectivity index (χ3n) is 5.42. The smallest absolute Gasteiger partial charge is 0.475 e. The molecule has 0 bridgehead atoms. The van der Waals surface area contributed by atoms with E-state index in [0.29, 0.717) is 5.41 Å². The predicted octanol–water partition coefficient (Wildman–Crippen LogP) is 2.34. The second-order valence-electron chi connectivity index (χ2n) is 7.86. The summed E-state index contributed by atoms with van der Waals surface area (Å²) in [7, 11) is 1.98. The maximum absolute atomic E-state index is 10.6. The molecule has 1 unspecified atom stereocenters. The van der Waals surface area contributed by atoms with Gasteiger partial charge in [-0.15, -0.1) is 0 Å². The number of aliphatic carboxylic acids is 1. The monoisotopic (exact) mass is 426 g/mol. The highest BCUT2D eigenvalue weighted by Crippen LogP contribution is 2.40.